The van der Waals surface area contributed by atoms with Crippen molar-refractivity contribution in [1.29, 1.82) is 0 Å². The van der Waals surface area contributed by atoms with Gasteiger partial charge in [0.25, 0.3) is 5.91 Å². The zero-order valence-corrected chi connectivity index (χ0v) is 14.7. The third-order valence-corrected chi connectivity index (χ3v) is 4.48. The number of carbonyl (C=O) groups excluding carboxylic acids is 1. The Bertz CT molecular complexity index is 705. The van der Waals surface area contributed by atoms with Crippen LogP contribution < -0.4 is 5.32 Å². The molecule has 3 heterocycles. The van der Waals surface area contributed by atoms with Gasteiger partial charge in [-0.25, -0.2) is 9.97 Å². The average molecular weight is 341 g/mol. The van der Waals surface area contributed by atoms with Crippen LogP contribution in [-0.2, 0) is 4.74 Å². The predicted octanol–water partition coefficient (Wildman–Crippen LogP) is 1.38. The van der Waals surface area contributed by atoms with E-state index in [1.807, 2.05) is 12.1 Å². The number of aromatic nitrogens is 3. The monoisotopic (exact) mass is 341 g/mol. The summed E-state index contributed by atoms with van der Waals surface area (Å²) in [5.74, 6) is 0.363. The Labute approximate surface area is 147 Å². The molecule has 1 saturated heterocycles. The highest BCUT2D eigenvalue weighted by atomic mass is 16.5. The van der Waals surface area contributed by atoms with E-state index in [2.05, 4.69) is 39.0 Å². The van der Waals surface area contributed by atoms with Gasteiger partial charge < -0.3 is 10.1 Å². The zero-order valence-electron chi connectivity index (χ0n) is 14.7. The molecule has 0 bridgehead atoms. The molecule has 132 valence electrons. The number of hydrogen-bond donors (Lipinski definition) is 1. The second kappa shape index (κ2) is 7.67. The molecule has 2 aromatic heterocycles. The molecule has 7 heteroatoms. The van der Waals surface area contributed by atoms with E-state index in [0.717, 1.165) is 18.7 Å². The fraction of sp³-hybridized carbons (Fsp3) is 0.444. The van der Waals surface area contributed by atoms with Gasteiger partial charge in [-0.2, -0.15) is 0 Å². The number of nitrogens with one attached hydrogen (secondary N) is 1. The summed E-state index contributed by atoms with van der Waals surface area (Å²) in [6.45, 7) is 5.87. The van der Waals surface area contributed by atoms with E-state index in [9.17, 15) is 4.79 Å². The highest BCUT2D eigenvalue weighted by Gasteiger charge is 2.35. The fourth-order valence-electron chi connectivity index (χ4n) is 2.94. The van der Waals surface area contributed by atoms with E-state index < -0.39 is 0 Å². The van der Waals surface area contributed by atoms with Crippen LogP contribution in [0, 0.1) is 0 Å². The minimum absolute atomic E-state index is 0.0121. The number of methoxy groups -OCH3 is 1. The van der Waals surface area contributed by atoms with E-state index >= 15 is 0 Å². The molecule has 0 saturated carbocycles. The molecule has 0 aromatic carbocycles. The van der Waals surface area contributed by atoms with Gasteiger partial charge in [0.05, 0.1) is 17.7 Å². The van der Waals surface area contributed by atoms with Crippen molar-refractivity contribution in [3.05, 3.63) is 42.5 Å². The van der Waals surface area contributed by atoms with Crippen molar-refractivity contribution in [2.75, 3.05) is 20.2 Å². The number of nitrogens with zero attached hydrogens (tertiary/aromatic N) is 4. The average Bonchev–Trinajstić information content (AvgIpc) is 3.06. The molecule has 0 unspecified atom stereocenters. The highest BCUT2D eigenvalue weighted by molar-refractivity contribution is 5.94. The largest absolute Gasteiger partial charge is 0.378 e. The van der Waals surface area contributed by atoms with E-state index in [1.54, 1.807) is 31.9 Å². The maximum Gasteiger partial charge on any atom is 0.254 e. The molecule has 1 N–H and O–H groups in total. The lowest BCUT2D eigenvalue weighted by Crippen LogP contribution is -2.43. The van der Waals surface area contributed by atoms with Crippen molar-refractivity contribution in [3.63, 3.8) is 0 Å². The number of likely N-dealkylation sites (tertiary alicyclic amines) is 1. The molecule has 1 aliphatic heterocycles. The lowest BCUT2D eigenvalue weighted by Gasteiger charge is -2.20. The van der Waals surface area contributed by atoms with Gasteiger partial charge in [-0.1, -0.05) is 0 Å². The van der Waals surface area contributed by atoms with Gasteiger partial charge in [-0.3, -0.25) is 14.7 Å². The van der Waals surface area contributed by atoms with Crippen LogP contribution in [0.15, 0.2) is 36.9 Å². The molecular formula is C18H23N5O2. The van der Waals surface area contributed by atoms with E-state index in [1.165, 1.54) is 0 Å². The van der Waals surface area contributed by atoms with Gasteiger partial charge in [0.1, 0.15) is 0 Å². The minimum Gasteiger partial charge on any atom is -0.378 e. The van der Waals surface area contributed by atoms with Crippen molar-refractivity contribution in [1.82, 2.24) is 25.2 Å². The summed E-state index contributed by atoms with van der Waals surface area (Å²) in [5.41, 5.74) is 1.25. The highest BCUT2D eigenvalue weighted by Crippen LogP contribution is 2.17. The van der Waals surface area contributed by atoms with Crippen LogP contribution in [0.2, 0.25) is 0 Å². The normalized spacial score (nSPS) is 20.8. The van der Waals surface area contributed by atoms with Crippen molar-refractivity contribution in [2.45, 2.75) is 32.0 Å². The van der Waals surface area contributed by atoms with Crippen molar-refractivity contribution < 1.29 is 9.53 Å². The van der Waals surface area contributed by atoms with Crippen molar-refractivity contribution in [3.8, 4) is 11.4 Å². The molecule has 0 spiro atoms. The number of rotatable bonds is 5. The first kappa shape index (κ1) is 17.4. The molecular weight excluding hydrogens is 318 g/mol. The summed E-state index contributed by atoms with van der Waals surface area (Å²) in [6.07, 6.45) is 6.46. The molecule has 25 heavy (non-hydrogen) atoms. The Balaban J connectivity index is 1.67. The van der Waals surface area contributed by atoms with Crippen molar-refractivity contribution in [2.24, 2.45) is 0 Å². The lowest BCUT2D eigenvalue weighted by molar-refractivity contribution is 0.0753. The summed E-state index contributed by atoms with van der Waals surface area (Å²) in [4.78, 5) is 27.4. The third kappa shape index (κ3) is 4.00. The van der Waals surface area contributed by atoms with Gasteiger partial charge >= 0.3 is 0 Å². The molecule has 2 atom stereocenters. The van der Waals surface area contributed by atoms with E-state index in [-0.39, 0.29) is 18.1 Å². The summed E-state index contributed by atoms with van der Waals surface area (Å²) >= 11 is 0. The minimum atomic E-state index is -0.185. The second-order valence-corrected chi connectivity index (χ2v) is 6.44. The van der Waals surface area contributed by atoms with Crippen LogP contribution in [0.4, 0.5) is 0 Å². The van der Waals surface area contributed by atoms with Gasteiger partial charge in [0.2, 0.25) is 0 Å². The maximum absolute atomic E-state index is 12.5. The van der Waals surface area contributed by atoms with Crippen LogP contribution in [-0.4, -0.2) is 64.1 Å². The van der Waals surface area contributed by atoms with Gasteiger partial charge in [0, 0.05) is 56.6 Å². The molecule has 0 aliphatic carbocycles. The first-order valence-electron chi connectivity index (χ1n) is 8.38. The summed E-state index contributed by atoms with van der Waals surface area (Å²) in [7, 11) is 1.68. The van der Waals surface area contributed by atoms with Gasteiger partial charge in [-0.05, 0) is 26.0 Å². The SMILES string of the molecule is CO[C@H]1CN(C(C)C)C[C@@H]1NC(=O)c1cnc(-c2cccnc2)nc1. The molecule has 1 amide bonds. The zero-order chi connectivity index (χ0) is 17.8. The third-order valence-electron chi connectivity index (χ3n) is 4.48. The first-order valence-corrected chi connectivity index (χ1v) is 8.38. The molecule has 1 fully saturated rings. The molecule has 7 nitrogen and oxygen atoms in total. The number of carbonyl (C=O) groups is 1. The predicted molar refractivity (Wildman–Crippen MR) is 94.0 cm³/mol. The number of amides is 1. The van der Waals surface area contributed by atoms with Crippen LogP contribution in [0.1, 0.15) is 24.2 Å². The molecule has 2 aromatic rings. The topological polar surface area (TPSA) is 80.2 Å². The van der Waals surface area contributed by atoms with Crippen LogP contribution >= 0.6 is 0 Å². The summed E-state index contributed by atoms with van der Waals surface area (Å²) in [5, 5.41) is 3.04. The number of pyridine rings is 1. The quantitative estimate of drug-likeness (QED) is 0.885. The van der Waals surface area contributed by atoms with E-state index in [0.29, 0.717) is 17.4 Å². The molecule has 0 radical (unpaired) electrons. The molecule has 3 rings (SSSR count). The van der Waals surface area contributed by atoms with Crippen LogP contribution in [0.25, 0.3) is 11.4 Å². The fourth-order valence-corrected chi connectivity index (χ4v) is 2.94. The maximum atomic E-state index is 12.5. The van der Waals surface area contributed by atoms with Gasteiger partial charge in [-0.15, -0.1) is 0 Å². The van der Waals surface area contributed by atoms with Crippen LogP contribution in [0.5, 0.6) is 0 Å². The van der Waals surface area contributed by atoms with Gasteiger partial charge in [0.15, 0.2) is 5.82 Å². The first-order chi connectivity index (χ1) is 12.1. The van der Waals surface area contributed by atoms with E-state index in [4.69, 9.17) is 4.74 Å². The number of ether oxygens (including phenoxy) is 1. The summed E-state index contributed by atoms with van der Waals surface area (Å²) < 4.78 is 5.52. The summed E-state index contributed by atoms with van der Waals surface area (Å²) in [6, 6.07) is 4.08. The molecule has 1 aliphatic rings. The second-order valence-electron chi connectivity index (χ2n) is 6.44. The Hall–Kier alpha value is -2.38. The number of hydrogen-bond acceptors (Lipinski definition) is 6. The Morgan fingerprint density at radius 1 is 1.28 bits per heavy atom. The Kier molecular flexibility index (Phi) is 5.35. The Morgan fingerprint density at radius 3 is 2.64 bits per heavy atom. The smallest absolute Gasteiger partial charge is 0.254 e. The van der Waals surface area contributed by atoms with Crippen LogP contribution in [0.3, 0.4) is 0 Å². The lowest BCUT2D eigenvalue weighted by atomic mass is 10.2. The Morgan fingerprint density at radius 2 is 2.04 bits per heavy atom. The van der Waals surface area contributed by atoms with Crippen molar-refractivity contribution >= 4 is 5.91 Å². The standard InChI is InChI=1S/C18H23N5O2/c1-12(2)23-10-15(16(11-23)25-3)22-18(24)14-8-20-17(21-9-14)13-5-4-6-19-7-13/h4-9,12,15-16H,10-11H2,1-3H3,(H,22,24)/t15-,16-/m0/s1.